The van der Waals surface area contributed by atoms with Gasteiger partial charge in [0.15, 0.2) is 17.3 Å². The van der Waals surface area contributed by atoms with Crippen molar-refractivity contribution in [2.45, 2.75) is 0 Å². The molecule has 4 aromatic heterocycles. The highest BCUT2D eigenvalue weighted by molar-refractivity contribution is 6.12. The molecule has 14 rings (SSSR count). The number of fused-ring (bicyclic) bond motifs is 8. The van der Waals surface area contributed by atoms with Crippen LogP contribution in [0.1, 0.15) is 0 Å². The number of benzene rings is 9. The van der Waals surface area contributed by atoms with Gasteiger partial charge in [0.2, 0.25) is 0 Å². The molecule has 0 saturated carbocycles. The largest absolute Gasteiger partial charge is 0.453 e. The van der Waals surface area contributed by atoms with E-state index in [1.807, 2.05) is 66.9 Å². The Hall–Kier alpha value is -9.59. The first kappa shape index (κ1) is 39.6. The smallest absolute Gasteiger partial charge is 0.160 e. The fourth-order valence-electron chi connectivity index (χ4n) is 10.3. The quantitative estimate of drug-likeness (QED) is 0.159. The number of anilines is 3. The summed E-state index contributed by atoms with van der Waals surface area (Å²) in [5.74, 6) is 2.32. The molecular formula is C63H40N6O. The lowest BCUT2D eigenvalue weighted by Gasteiger charge is -2.32. The van der Waals surface area contributed by atoms with Gasteiger partial charge >= 0.3 is 0 Å². The van der Waals surface area contributed by atoms with Crippen LogP contribution < -0.4 is 9.64 Å². The zero-order valence-electron chi connectivity index (χ0n) is 37.7. The summed E-state index contributed by atoms with van der Waals surface area (Å²) in [6.45, 7) is 0. The minimum atomic E-state index is 0.669. The highest BCUT2D eigenvalue weighted by Gasteiger charge is 2.26. The van der Waals surface area contributed by atoms with Crippen LogP contribution in [0.25, 0.3) is 100 Å². The molecule has 70 heavy (non-hydrogen) atoms. The monoisotopic (exact) mass is 896 g/mol. The predicted octanol–water partition coefficient (Wildman–Crippen LogP) is 16.3. The highest BCUT2D eigenvalue weighted by atomic mass is 16.5. The highest BCUT2D eigenvalue weighted by Crippen LogP contribution is 2.51. The predicted molar refractivity (Wildman–Crippen MR) is 285 cm³/mol. The van der Waals surface area contributed by atoms with Crippen molar-refractivity contribution in [2.24, 2.45) is 0 Å². The molecule has 0 spiro atoms. The second-order valence-electron chi connectivity index (χ2n) is 17.7. The van der Waals surface area contributed by atoms with E-state index in [0.29, 0.717) is 5.82 Å². The molecule has 0 fully saturated rings. The van der Waals surface area contributed by atoms with Gasteiger partial charge < -0.3 is 18.8 Å². The van der Waals surface area contributed by atoms with Gasteiger partial charge in [-0.3, -0.25) is 4.98 Å². The Morgan fingerprint density at radius 1 is 0.314 bits per heavy atom. The van der Waals surface area contributed by atoms with Crippen molar-refractivity contribution in [3.8, 4) is 68.0 Å². The molecule has 9 aromatic carbocycles. The summed E-state index contributed by atoms with van der Waals surface area (Å²) in [6, 6.07) is 83.0. The van der Waals surface area contributed by atoms with Gasteiger partial charge in [0, 0.05) is 67.1 Å². The summed E-state index contributed by atoms with van der Waals surface area (Å²) >= 11 is 0. The average molecular weight is 897 g/mol. The van der Waals surface area contributed by atoms with Crippen molar-refractivity contribution in [3.63, 3.8) is 0 Å². The Morgan fingerprint density at radius 3 is 1.40 bits per heavy atom. The number of aromatic nitrogens is 5. The summed E-state index contributed by atoms with van der Waals surface area (Å²) in [5.41, 5.74) is 16.0. The third-order valence-electron chi connectivity index (χ3n) is 13.5. The number of rotatable bonds is 7. The lowest BCUT2D eigenvalue weighted by molar-refractivity contribution is 0.477. The first-order valence-corrected chi connectivity index (χ1v) is 23.5. The molecule has 7 heteroatoms. The SMILES string of the molecule is c1ccc(-c2cc(-c3ccc(-c4cc(-n5c6ccccc6c6ccccc65)cc(-n5c6ccccc6c6cc(N7c8ccccc8Oc8ccccc87)ccc65)c4)nc3)nc(-c3ccccc3)n2)cc1. The first-order chi connectivity index (χ1) is 34.7. The van der Waals surface area contributed by atoms with Crippen molar-refractivity contribution < 1.29 is 4.74 Å². The fourth-order valence-corrected chi connectivity index (χ4v) is 10.3. The maximum absolute atomic E-state index is 6.41. The molecule has 1 aliphatic heterocycles. The van der Waals surface area contributed by atoms with Crippen LogP contribution in [0.4, 0.5) is 17.1 Å². The van der Waals surface area contributed by atoms with Gasteiger partial charge in [0.1, 0.15) is 0 Å². The minimum Gasteiger partial charge on any atom is -0.453 e. The molecule has 0 bridgehead atoms. The molecule has 13 aromatic rings. The number of para-hydroxylation sites is 7. The molecule has 1 aliphatic rings. The average Bonchev–Trinajstić information content (AvgIpc) is 3.95. The second kappa shape index (κ2) is 16.0. The van der Waals surface area contributed by atoms with Crippen molar-refractivity contribution in [2.75, 3.05) is 4.90 Å². The van der Waals surface area contributed by atoms with E-state index < -0.39 is 0 Å². The third kappa shape index (κ3) is 6.48. The van der Waals surface area contributed by atoms with Crippen molar-refractivity contribution in [1.29, 1.82) is 0 Å². The van der Waals surface area contributed by atoms with Gasteiger partial charge in [0.25, 0.3) is 0 Å². The summed E-state index contributed by atoms with van der Waals surface area (Å²) < 4.78 is 11.2. The second-order valence-corrected chi connectivity index (χ2v) is 17.7. The van der Waals surface area contributed by atoms with Crippen molar-refractivity contribution in [1.82, 2.24) is 24.1 Å². The van der Waals surface area contributed by atoms with Crippen LogP contribution >= 0.6 is 0 Å². The fraction of sp³-hybridized carbons (Fsp3) is 0. The zero-order valence-corrected chi connectivity index (χ0v) is 37.7. The van der Waals surface area contributed by atoms with E-state index in [-0.39, 0.29) is 0 Å². The molecule has 328 valence electrons. The van der Waals surface area contributed by atoms with Gasteiger partial charge in [-0.2, -0.15) is 0 Å². The molecule has 0 N–H and O–H groups in total. The number of nitrogens with zero attached hydrogens (tertiary/aromatic N) is 6. The van der Waals surface area contributed by atoms with Crippen LogP contribution in [-0.4, -0.2) is 24.1 Å². The Labute approximate surface area is 403 Å². The third-order valence-corrected chi connectivity index (χ3v) is 13.5. The van der Waals surface area contributed by atoms with E-state index in [4.69, 9.17) is 19.7 Å². The van der Waals surface area contributed by atoms with Crippen molar-refractivity contribution in [3.05, 3.63) is 243 Å². The summed E-state index contributed by atoms with van der Waals surface area (Å²) in [5, 5.41) is 4.72. The van der Waals surface area contributed by atoms with Crippen LogP contribution in [-0.2, 0) is 0 Å². The molecule has 0 amide bonds. The summed E-state index contributed by atoms with van der Waals surface area (Å²) in [7, 11) is 0. The minimum absolute atomic E-state index is 0.669. The Balaban J connectivity index is 0.958. The normalized spacial score (nSPS) is 12.1. The van der Waals surface area contributed by atoms with Gasteiger partial charge in [-0.15, -0.1) is 0 Å². The molecule has 0 saturated heterocycles. The summed E-state index contributed by atoms with van der Waals surface area (Å²) in [6.07, 6.45) is 1.94. The van der Waals surface area contributed by atoms with Gasteiger partial charge in [-0.05, 0) is 97.1 Å². The zero-order chi connectivity index (χ0) is 46.1. The lowest BCUT2D eigenvalue weighted by Crippen LogP contribution is -2.15. The Morgan fingerprint density at radius 2 is 0.814 bits per heavy atom. The molecule has 0 unspecified atom stereocenters. The standard InChI is InChI=1S/C63H40N6O/c1-3-17-41(18-4-1)53-39-54(66-63(65-53)42-19-5-2-6-20-42)43-31-33-52(64-40-43)44-35-46(68-55-24-10-7-21-48(55)49-22-8-11-25-56(49)68)37-47(36-44)69-57-26-12-9-23-50(57)51-38-45(32-34-58(51)69)67-59-27-13-15-29-61(59)70-62-30-16-14-28-60(62)67/h1-40H. The number of ether oxygens (including phenoxy) is 1. The lowest BCUT2D eigenvalue weighted by atomic mass is 10.1. The topological polar surface area (TPSA) is 61.0 Å². The van der Waals surface area contributed by atoms with E-state index in [0.717, 1.165) is 112 Å². The first-order valence-electron chi connectivity index (χ1n) is 23.5. The van der Waals surface area contributed by atoms with Crippen LogP contribution in [0.2, 0.25) is 0 Å². The van der Waals surface area contributed by atoms with E-state index in [9.17, 15) is 0 Å². The van der Waals surface area contributed by atoms with Gasteiger partial charge in [-0.25, -0.2) is 9.97 Å². The van der Waals surface area contributed by atoms with E-state index in [2.05, 4.69) is 190 Å². The Bertz CT molecular complexity index is 4000. The van der Waals surface area contributed by atoms with E-state index >= 15 is 0 Å². The Kier molecular flexibility index (Phi) is 9.07. The van der Waals surface area contributed by atoms with Crippen LogP contribution in [0.3, 0.4) is 0 Å². The molecule has 7 nitrogen and oxygen atoms in total. The van der Waals surface area contributed by atoms with Gasteiger partial charge in [-0.1, -0.05) is 140 Å². The van der Waals surface area contributed by atoms with E-state index in [1.165, 1.54) is 10.8 Å². The molecule has 0 radical (unpaired) electrons. The van der Waals surface area contributed by atoms with Gasteiger partial charge in [0.05, 0.1) is 50.5 Å². The van der Waals surface area contributed by atoms with Crippen LogP contribution in [0.15, 0.2) is 243 Å². The summed E-state index contributed by atoms with van der Waals surface area (Å²) in [4.78, 5) is 17.7. The van der Waals surface area contributed by atoms with E-state index in [1.54, 1.807) is 0 Å². The maximum Gasteiger partial charge on any atom is 0.160 e. The van der Waals surface area contributed by atoms with Crippen LogP contribution in [0.5, 0.6) is 11.5 Å². The van der Waals surface area contributed by atoms with Crippen molar-refractivity contribution >= 4 is 60.7 Å². The number of hydrogen-bond donors (Lipinski definition) is 0. The number of pyridine rings is 1. The van der Waals surface area contributed by atoms with Crippen LogP contribution in [0, 0.1) is 0 Å². The molecule has 0 aliphatic carbocycles. The maximum atomic E-state index is 6.41. The number of hydrogen-bond acceptors (Lipinski definition) is 5. The molecule has 5 heterocycles. The molecular weight excluding hydrogens is 857 g/mol. The molecule has 0 atom stereocenters.